The maximum Gasteiger partial charge on any atom is 0.183 e. The Balaban J connectivity index is 2.09. The van der Waals surface area contributed by atoms with Gasteiger partial charge < -0.3 is 0 Å². The van der Waals surface area contributed by atoms with Gasteiger partial charge in [0.15, 0.2) is 5.82 Å². The standard InChI is InChI=1S/C18H20N4/c1-4-14-9-5-6-10-15(14)20-21-18-17(13(2)3)19-16-11-7-8-12-22(16)18/h5-13H,4H2,1-3H3. The first kappa shape index (κ1) is 14.4. The quantitative estimate of drug-likeness (QED) is 0.591. The number of rotatable bonds is 4. The number of aromatic nitrogens is 2. The van der Waals surface area contributed by atoms with Crippen molar-refractivity contribution in [2.45, 2.75) is 33.1 Å². The van der Waals surface area contributed by atoms with E-state index in [1.54, 1.807) is 0 Å². The summed E-state index contributed by atoms with van der Waals surface area (Å²) in [6.07, 6.45) is 2.92. The molecule has 0 unspecified atom stereocenters. The third-order valence-electron chi connectivity index (χ3n) is 3.70. The van der Waals surface area contributed by atoms with Crippen LogP contribution in [0.15, 0.2) is 58.9 Å². The number of hydrogen-bond acceptors (Lipinski definition) is 3. The number of pyridine rings is 1. The molecule has 0 aliphatic heterocycles. The van der Waals surface area contributed by atoms with E-state index in [-0.39, 0.29) is 0 Å². The Kier molecular flexibility index (Phi) is 4.00. The second-order valence-electron chi connectivity index (χ2n) is 5.59. The first-order chi connectivity index (χ1) is 10.7. The molecule has 0 aliphatic carbocycles. The van der Waals surface area contributed by atoms with Crippen LogP contribution in [0.1, 0.15) is 37.9 Å². The van der Waals surface area contributed by atoms with Crippen LogP contribution in [0.2, 0.25) is 0 Å². The lowest BCUT2D eigenvalue weighted by molar-refractivity contribution is 0.831. The van der Waals surface area contributed by atoms with Crippen LogP contribution in [-0.2, 0) is 6.42 Å². The van der Waals surface area contributed by atoms with Crippen molar-refractivity contribution in [2.24, 2.45) is 10.2 Å². The molecule has 0 atom stereocenters. The summed E-state index contributed by atoms with van der Waals surface area (Å²) in [7, 11) is 0. The van der Waals surface area contributed by atoms with Crippen LogP contribution in [0.5, 0.6) is 0 Å². The summed E-state index contributed by atoms with van der Waals surface area (Å²) in [5.74, 6) is 1.12. The maximum atomic E-state index is 4.68. The van der Waals surface area contributed by atoms with Gasteiger partial charge in [-0.3, -0.25) is 4.40 Å². The van der Waals surface area contributed by atoms with Gasteiger partial charge in [0.2, 0.25) is 0 Å². The average Bonchev–Trinajstić information content (AvgIpc) is 2.92. The molecule has 0 fully saturated rings. The summed E-state index contributed by atoms with van der Waals surface area (Å²) in [6.45, 7) is 6.38. The van der Waals surface area contributed by atoms with Crippen molar-refractivity contribution in [2.75, 3.05) is 0 Å². The zero-order chi connectivity index (χ0) is 15.5. The number of nitrogens with zero attached hydrogens (tertiary/aromatic N) is 4. The van der Waals surface area contributed by atoms with Gasteiger partial charge in [-0.2, -0.15) is 0 Å². The number of fused-ring (bicyclic) bond motifs is 1. The largest absolute Gasteiger partial charge is 0.283 e. The minimum absolute atomic E-state index is 0.301. The van der Waals surface area contributed by atoms with Crippen LogP contribution in [0.4, 0.5) is 11.5 Å². The van der Waals surface area contributed by atoms with Crippen molar-refractivity contribution in [3.05, 3.63) is 59.9 Å². The van der Waals surface area contributed by atoms with E-state index in [1.807, 2.05) is 47.0 Å². The Morgan fingerprint density at radius 1 is 1.05 bits per heavy atom. The predicted molar refractivity (Wildman–Crippen MR) is 89.3 cm³/mol. The Morgan fingerprint density at radius 2 is 1.82 bits per heavy atom. The zero-order valence-corrected chi connectivity index (χ0v) is 13.2. The van der Waals surface area contributed by atoms with Crippen molar-refractivity contribution in [1.29, 1.82) is 0 Å². The Hall–Kier alpha value is -2.49. The summed E-state index contributed by atoms with van der Waals surface area (Å²) >= 11 is 0. The predicted octanol–water partition coefficient (Wildman–Crippen LogP) is 5.44. The molecule has 0 bridgehead atoms. The first-order valence-corrected chi connectivity index (χ1v) is 7.67. The topological polar surface area (TPSA) is 42.0 Å². The second kappa shape index (κ2) is 6.10. The number of hydrogen-bond donors (Lipinski definition) is 0. The van der Waals surface area contributed by atoms with Gasteiger partial charge in [-0.25, -0.2) is 4.98 Å². The van der Waals surface area contributed by atoms with Gasteiger partial charge in [0, 0.05) is 6.20 Å². The van der Waals surface area contributed by atoms with Gasteiger partial charge in [0.05, 0.1) is 11.4 Å². The number of aryl methyl sites for hydroxylation is 1. The molecule has 22 heavy (non-hydrogen) atoms. The van der Waals surface area contributed by atoms with E-state index >= 15 is 0 Å². The van der Waals surface area contributed by atoms with E-state index < -0.39 is 0 Å². The molecule has 0 saturated heterocycles. The summed E-state index contributed by atoms with van der Waals surface area (Å²) < 4.78 is 1.99. The highest BCUT2D eigenvalue weighted by atomic mass is 15.2. The lowest BCUT2D eigenvalue weighted by Gasteiger charge is -2.03. The molecule has 2 heterocycles. The highest BCUT2D eigenvalue weighted by molar-refractivity contribution is 5.53. The van der Waals surface area contributed by atoms with Crippen molar-refractivity contribution in [3.8, 4) is 0 Å². The molecule has 1 aromatic carbocycles. The molecule has 4 heteroatoms. The Labute approximate surface area is 130 Å². The van der Waals surface area contributed by atoms with Crippen LogP contribution in [-0.4, -0.2) is 9.38 Å². The number of azo groups is 1. The summed E-state index contributed by atoms with van der Waals surface area (Å²) in [4.78, 5) is 4.68. The normalized spacial score (nSPS) is 11.8. The lowest BCUT2D eigenvalue weighted by Crippen LogP contribution is -1.87. The molecule has 0 radical (unpaired) electrons. The monoisotopic (exact) mass is 292 g/mol. The van der Waals surface area contributed by atoms with E-state index in [4.69, 9.17) is 0 Å². The molecular weight excluding hydrogens is 272 g/mol. The first-order valence-electron chi connectivity index (χ1n) is 7.67. The minimum Gasteiger partial charge on any atom is -0.283 e. The Morgan fingerprint density at radius 3 is 2.59 bits per heavy atom. The molecule has 0 aliphatic rings. The molecule has 112 valence electrons. The van der Waals surface area contributed by atoms with E-state index in [9.17, 15) is 0 Å². The second-order valence-corrected chi connectivity index (χ2v) is 5.59. The van der Waals surface area contributed by atoms with E-state index in [0.29, 0.717) is 5.92 Å². The van der Waals surface area contributed by atoms with Crippen molar-refractivity contribution in [1.82, 2.24) is 9.38 Å². The van der Waals surface area contributed by atoms with E-state index in [0.717, 1.165) is 29.3 Å². The van der Waals surface area contributed by atoms with Gasteiger partial charge in [-0.15, -0.1) is 10.2 Å². The molecule has 0 amide bonds. The fourth-order valence-corrected chi connectivity index (χ4v) is 2.50. The summed E-state index contributed by atoms with van der Waals surface area (Å²) in [5.41, 5.74) is 4.00. The molecular formula is C18H20N4. The van der Waals surface area contributed by atoms with Gasteiger partial charge in [0.1, 0.15) is 5.65 Å². The smallest absolute Gasteiger partial charge is 0.183 e. The minimum atomic E-state index is 0.301. The highest BCUT2D eigenvalue weighted by Gasteiger charge is 2.14. The molecule has 3 rings (SSSR count). The third kappa shape index (κ3) is 2.64. The maximum absolute atomic E-state index is 4.68. The molecule has 3 aromatic rings. The van der Waals surface area contributed by atoms with Crippen LogP contribution < -0.4 is 0 Å². The van der Waals surface area contributed by atoms with Gasteiger partial charge >= 0.3 is 0 Å². The SMILES string of the molecule is CCc1ccccc1N=Nc1c(C(C)C)nc2ccccn12. The summed E-state index contributed by atoms with van der Waals surface area (Å²) in [5, 5.41) is 9.00. The zero-order valence-electron chi connectivity index (χ0n) is 13.2. The fraction of sp³-hybridized carbons (Fsp3) is 0.278. The van der Waals surface area contributed by atoms with E-state index in [1.165, 1.54) is 5.56 Å². The van der Waals surface area contributed by atoms with Crippen LogP contribution in [0.25, 0.3) is 5.65 Å². The number of imidazole rings is 1. The summed E-state index contributed by atoms with van der Waals surface area (Å²) in [6, 6.07) is 14.1. The molecule has 4 nitrogen and oxygen atoms in total. The van der Waals surface area contributed by atoms with Crippen LogP contribution in [0.3, 0.4) is 0 Å². The third-order valence-corrected chi connectivity index (χ3v) is 3.70. The fourth-order valence-electron chi connectivity index (χ4n) is 2.50. The highest BCUT2D eigenvalue weighted by Crippen LogP contribution is 2.30. The Bertz CT molecular complexity index is 815. The van der Waals surface area contributed by atoms with Crippen molar-refractivity contribution < 1.29 is 0 Å². The van der Waals surface area contributed by atoms with Gasteiger partial charge in [0.25, 0.3) is 0 Å². The molecule has 0 N–H and O–H groups in total. The van der Waals surface area contributed by atoms with Crippen molar-refractivity contribution in [3.63, 3.8) is 0 Å². The molecule has 0 saturated carbocycles. The number of benzene rings is 1. The van der Waals surface area contributed by atoms with Crippen molar-refractivity contribution >= 4 is 17.2 Å². The molecule has 2 aromatic heterocycles. The lowest BCUT2D eigenvalue weighted by atomic mass is 10.1. The van der Waals surface area contributed by atoms with Gasteiger partial charge in [-0.05, 0) is 36.1 Å². The van der Waals surface area contributed by atoms with Crippen LogP contribution >= 0.6 is 0 Å². The molecule has 0 spiro atoms. The van der Waals surface area contributed by atoms with Gasteiger partial charge in [-0.1, -0.05) is 45.0 Å². The van der Waals surface area contributed by atoms with Crippen LogP contribution in [0, 0.1) is 0 Å². The average molecular weight is 292 g/mol. The van der Waals surface area contributed by atoms with E-state index in [2.05, 4.69) is 42.1 Å².